The van der Waals surface area contributed by atoms with Crippen LogP contribution in [0, 0.1) is 23.3 Å². The third kappa shape index (κ3) is 5.68. The zero-order chi connectivity index (χ0) is 23.5. The molecule has 1 aromatic heterocycles. The van der Waals surface area contributed by atoms with E-state index in [-0.39, 0.29) is 23.8 Å². The first-order chi connectivity index (χ1) is 16.6. The fourth-order valence-corrected chi connectivity index (χ4v) is 5.64. The number of hydrogen-bond acceptors (Lipinski definition) is 7. The first-order valence-corrected chi connectivity index (χ1v) is 13.0. The van der Waals surface area contributed by atoms with Crippen LogP contribution in [0.2, 0.25) is 0 Å². The number of morpholine rings is 1. The van der Waals surface area contributed by atoms with Gasteiger partial charge in [-0.05, 0) is 56.4 Å². The number of nitriles is 1. The Morgan fingerprint density at radius 2 is 1.97 bits per heavy atom. The van der Waals surface area contributed by atoms with Crippen molar-refractivity contribution in [1.82, 2.24) is 21.1 Å². The minimum absolute atomic E-state index is 0.0164. The lowest BCUT2D eigenvalue weighted by Gasteiger charge is -2.31. The van der Waals surface area contributed by atoms with Crippen LogP contribution in [0.3, 0.4) is 0 Å². The van der Waals surface area contributed by atoms with Gasteiger partial charge in [0.05, 0.1) is 18.8 Å². The Hall–Kier alpha value is -2.68. The van der Waals surface area contributed by atoms with Gasteiger partial charge in [0.1, 0.15) is 5.00 Å². The number of hydrogen-bond donors (Lipinski definition) is 4. The Balaban J connectivity index is 1.31. The molecule has 5 rings (SSSR count). The summed E-state index contributed by atoms with van der Waals surface area (Å²) in [7, 11) is 0. The predicted molar refractivity (Wildman–Crippen MR) is 128 cm³/mol. The molecular formula is C23H31N7O3S. The second-order valence-electron chi connectivity index (χ2n) is 9.48. The van der Waals surface area contributed by atoms with Gasteiger partial charge in [-0.25, -0.2) is 5.01 Å². The lowest BCUT2D eigenvalue weighted by atomic mass is 9.91. The van der Waals surface area contributed by atoms with E-state index in [2.05, 4.69) is 26.4 Å². The average molecular weight is 486 g/mol. The average Bonchev–Trinajstić information content (AvgIpc) is 3.75. The molecule has 11 heteroatoms. The highest BCUT2D eigenvalue weighted by Crippen LogP contribution is 2.40. The van der Waals surface area contributed by atoms with Gasteiger partial charge in [-0.2, -0.15) is 5.26 Å². The maximum atomic E-state index is 13.2. The van der Waals surface area contributed by atoms with Crippen LogP contribution in [0.15, 0.2) is 4.99 Å². The summed E-state index contributed by atoms with van der Waals surface area (Å²) in [5.41, 5.74) is 4.80. The summed E-state index contributed by atoms with van der Waals surface area (Å²) in [4.78, 5) is 30.8. The van der Waals surface area contributed by atoms with Gasteiger partial charge < -0.3 is 20.7 Å². The smallest absolute Gasteiger partial charge is 0.254 e. The zero-order valence-electron chi connectivity index (χ0n) is 19.2. The first-order valence-electron chi connectivity index (χ1n) is 12.2. The van der Waals surface area contributed by atoms with Gasteiger partial charge in [0.15, 0.2) is 0 Å². The van der Waals surface area contributed by atoms with Gasteiger partial charge >= 0.3 is 0 Å². The molecule has 0 aromatic carbocycles. The molecule has 4 N–H and O–H groups in total. The van der Waals surface area contributed by atoms with Crippen LogP contribution >= 0.6 is 11.3 Å². The van der Waals surface area contributed by atoms with Crippen LogP contribution in [0.1, 0.15) is 52.9 Å². The van der Waals surface area contributed by atoms with Crippen molar-refractivity contribution in [1.29, 1.82) is 5.26 Å². The summed E-state index contributed by atoms with van der Waals surface area (Å²) in [5.74, 6) is 0.978. The molecule has 0 bridgehead atoms. The van der Waals surface area contributed by atoms with Gasteiger partial charge in [-0.1, -0.05) is 0 Å². The molecule has 3 aliphatic carbocycles. The topological polar surface area (TPSA) is 131 Å². The summed E-state index contributed by atoms with van der Waals surface area (Å²) in [5, 5.41) is 21.3. The van der Waals surface area contributed by atoms with Crippen LogP contribution in [0.25, 0.3) is 0 Å². The van der Waals surface area contributed by atoms with Gasteiger partial charge in [0.2, 0.25) is 18.1 Å². The number of aryl methyl sites for hydroxylation is 1. The Morgan fingerprint density at radius 1 is 1.18 bits per heavy atom. The SMILES string of the molecule is N#CN=C(NC1CCc2sc(NC(=O)C3CC3)c(C(=O)NCC3CC3)c2C1)NN1CCOCC1. The predicted octanol–water partition coefficient (Wildman–Crippen LogP) is 1.36. The number of amides is 2. The molecule has 1 aliphatic heterocycles. The molecule has 4 aliphatic rings. The summed E-state index contributed by atoms with van der Waals surface area (Å²) < 4.78 is 5.38. The van der Waals surface area contributed by atoms with E-state index >= 15 is 0 Å². The third-order valence-electron chi connectivity index (χ3n) is 6.70. The largest absolute Gasteiger partial charge is 0.379 e. The number of carbonyl (C=O) groups excluding carboxylic acids is 2. The fourth-order valence-electron chi connectivity index (χ4n) is 4.40. The number of aliphatic imine (C=N–C) groups is 1. The number of nitrogens with zero attached hydrogens (tertiary/aromatic N) is 3. The number of anilines is 1. The Kier molecular flexibility index (Phi) is 6.99. The van der Waals surface area contributed by atoms with Crippen molar-refractivity contribution in [3.63, 3.8) is 0 Å². The summed E-state index contributed by atoms with van der Waals surface area (Å²) in [6, 6.07) is 0.0182. The maximum Gasteiger partial charge on any atom is 0.254 e. The van der Waals surface area contributed by atoms with Gasteiger partial charge in [0.25, 0.3) is 5.91 Å². The van der Waals surface area contributed by atoms with Crippen molar-refractivity contribution in [2.24, 2.45) is 16.8 Å². The van der Waals surface area contributed by atoms with Gasteiger partial charge in [-0.3, -0.25) is 15.0 Å². The quantitative estimate of drug-likeness (QED) is 0.261. The number of guanidine groups is 1. The minimum Gasteiger partial charge on any atom is -0.379 e. The van der Waals surface area contributed by atoms with Gasteiger partial charge in [0, 0.05) is 36.5 Å². The summed E-state index contributed by atoms with van der Waals surface area (Å²) in [6.45, 7) is 3.36. The fraction of sp³-hybridized carbons (Fsp3) is 0.652. The number of nitrogens with one attached hydrogen (secondary N) is 4. The first kappa shape index (κ1) is 23.1. The molecule has 34 heavy (non-hydrogen) atoms. The van der Waals surface area contributed by atoms with Crippen LogP contribution < -0.4 is 21.4 Å². The Morgan fingerprint density at radius 3 is 2.68 bits per heavy atom. The number of thiophene rings is 1. The van der Waals surface area contributed by atoms with Crippen molar-refractivity contribution < 1.29 is 14.3 Å². The summed E-state index contributed by atoms with van der Waals surface area (Å²) in [6.07, 6.45) is 8.32. The van der Waals surface area contributed by atoms with Crippen LogP contribution in [-0.4, -0.2) is 61.7 Å². The van der Waals surface area contributed by atoms with Gasteiger partial charge in [-0.15, -0.1) is 16.3 Å². The van der Waals surface area contributed by atoms with Crippen molar-refractivity contribution in [2.45, 2.75) is 51.0 Å². The van der Waals surface area contributed by atoms with Crippen molar-refractivity contribution in [3.8, 4) is 6.19 Å². The molecule has 1 saturated heterocycles. The number of carbonyl (C=O) groups is 2. The van der Waals surface area contributed by atoms with E-state index in [9.17, 15) is 9.59 Å². The second-order valence-corrected chi connectivity index (χ2v) is 10.6. The molecule has 2 amide bonds. The molecule has 3 fully saturated rings. The lowest BCUT2D eigenvalue weighted by Crippen LogP contribution is -2.54. The lowest BCUT2D eigenvalue weighted by molar-refractivity contribution is -0.117. The van der Waals surface area contributed by atoms with E-state index in [4.69, 9.17) is 10.00 Å². The van der Waals surface area contributed by atoms with E-state index < -0.39 is 0 Å². The monoisotopic (exact) mass is 485 g/mol. The normalized spacial score (nSPS) is 22.9. The molecule has 1 aromatic rings. The van der Waals surface area contributed by atoms with Crippen molar-refractivity contribution in [2.75, 3.05) is 38.2 Å². The Labute approximate surface area is 203 Å². The second kappa shape index (κ2) is 10.3. The summed E-state index contributed by atoms with van der Waals surface area (Å²) >= 11 is 1.53. The zero-order valence-corrected chi connectivity index (χ0v) is 20.0. The van der Waals surface area contributed by atoms with Crippen molar-refractivity contribution >= 4 is 34.1 Å². The van der Waals surface area contributed by atoms with Crippen molar-refractivity contribution in [3.05, 3.63) is 16.0 Å². The molecular weight excluding hydrogens is 454 g/mol. The van der Waals surface area contributed by atoms with E-state index in [1.165, 1.54) is 11.3 Å². The maximum absolute atomic E-state index is 13.2. The number of hydrazine groups is 1. The number of rotatable bonds is 7. The van der Waals surface area contributed by atoms with Crippen LogP contribution in [0.4, 0.5) is 5.00 Å². The van der Waals surface area contributed by atoms with E-state index in [1.807, 2.05) is 11.2 Å². The molecule has 2 saturated carbocycles. The van der Waals surface area contributed by atoms with E-state index in [0.717, 1.165) is 49.0 Å². The highest BCUT2D eigenvalue weighted by Gasteiger charge is 2.34. The Bertz CT molecular complexity index is 1000. The number of fused-ring (bicyclic) bond motifs is 1. The third-order valence-corrected chi connectivity index (χ3v) is 7.91. The van der Waals surface area contributed by atoms with Crippen LogP contribution in [-0.2, 0) is 22.4 Å². The van der Waals surface area contributed by atoms with E-state index in [1.54, 1.807) is 0 Å². The molecule has 182 valence electrons. The van der Waals surface area contributed by atoms with E-state index in [0.29, 0.717) is 61.7 Å². The highest BCUT2D eigenvalue weighted by atomic mass is 32.1. The highest BCUT2D eigenvalue weighted by molar-refractivity contribution is 7.17. The molecule has 0 spiro atoms. The standard InChI is InChI=1S/C23H31N7O3S/c24-13-26-23(29-30-7-9-33-10-8-30)27-16-5-6-18-17(11-16)19(21(32)25-12-14-1-2-14)22(34-18)28-20(31)15-3-4-15/h14-16H,1-12H2,(H,25,32)(H,28,31)(H2,26,27,29). The van der Waals surface area contributed by atoms with Crippen LogP contribution in [0.5, 0.6) is 0 Å². The minimum atomic E-state index is -0.103. The molecule has 0 radical (unpaired) electrons. The molecule has 1 atom stereocenters. The number of ether oxygens (including phenoxy) is 1. The molecule has 10 nitrogen and oxygen atoms in total. The molecule has 2 heterocycles. The molecule has 1 unspecified atom stereocenters.